The first kappa shape index (κ1) is 37.0. The monoisotopic (exact) mass is 865 g/mol. The summed E-state index contributed by atoms with van der Waals surface area (Å²) in [5.74, 6) is 1.20. The van der Waals surface area contributed by atoms with Crippen LogP contribution in [0, 0.1) is 5.92 Å². The normalized spacial score (nSPS) is 24.3. The van der Waals surface area contributed by atoms with E-state index in [9.17, 15) is 0 Å². The molecule has 2 fully saturated rings. The lowest BCUT2D eigenvalue weighted by Crippen LogP contribution is -2.45. The number of benzene rings is 7. The second-order valence-electron chi connectivity index (χ2n) is 18.9. The zero-order valence-corrected chi connectivity index (χ0v) is 36.9. The van der Waals surface area contributed by atoms with Crippen molar-refractivity contribution in [2.45, 2.75) is 42.1 Å². The van der Waals surface area contributed by atoms with E-state index in [0.717, 1.165) is 24.2 Å². The molecule has 7 aliphatic rings. The molecular weight excluding hydrogens is 823 g/mol. The quantitative estimate of drug-likeness (QED) is 0.172. The molecule has 314 valence electrons. The Balaban J connectivity index is 0.832. The number of anilines is 2. The van der Waals surface area contributed by atoms with Crippen molar-refractivity contribution in [1.29, 1.82) is 0 Å². The van der Waals surface area contributed by atoms with Crippen molar-refractivity contribution in [1.82, 2.24) is 0 Å². The summed E-state index contributed by atoms with van der Waals surface area (Å²) in [6.45, 7) is 0. The van der Waals surface area contributed by atoms with Crippen LogP contribution in [0.5, 0.6) is 0 Å². The Morgan fingerprint density at radius 1 is 0.591 bits per heavy atom. The van der Waals surface area contributed by atoms with Gasteiger partial charge in [0.15, 0.2) is 0 Å². The van der Waals surface area contributed by atoms with E-state index in [2.05, 4.69) is 217 Å². The molecule has 1 saturated carbocycles. The fraction of sp³-hybridized carbons (Fsp3) is 0.129. The molecule has 66 heavy (non-hydrogen) atoms. The zero-order chi connectivity index (χ0) is 43.1. The van der Waals surface area contributed by atoms with Crippen LogP contribution < -0.4 is 4.90 Å². The van der Waals surface area contributed by atoms with Crippen LogP contribution in [-0.4, -0.2) is 23.9 Å². The average Bonchev–Trinajstić information content (AvgIpc) is 3.69. The van der Waals surface area contributed by atoms with Crippen molar-refractivity contribution in [3.63, 3.8) is 0 Å². The molecule has 0 N–H and O–H groups in total. The van der Waals surface area contributed by atoms with Crippen LogP contribution in [0.3, 0.4) is 0 Å². The minimum Gasteiger partial charge on any atom is -0.485 e. The van der Waals surface area contributed by atoms with Crippen LogP contribution in [-0.2, 0) is 14.9 Å². The Kier molecular flexibility index (Phi) is 7.66. The maximum Gasteiger partial charge on any atom is 0.147 e. The topological polar surface area (TPSA) is 21.7 Å². The first-order valence-corrected chi connectivity index (χ1v) is 24.2. The lowest BCUT2D eigenvalue weighted by Gasteiger charge is -2.42. The summed E-state index contributed by atoms with van der Waals surface area (Å²) in [6, 6.07) is 62.8. The lowest BCUT2D eigenvalue weighted by atomic mass is 9.69. The standard InChI is InChI=1S/C62H43NO2S/c1-2-16-38(17-3-1)39-18-14-19-41(34-39)63(53-29-15-31-57-60(53)46-24-8-13-30-56(46)66-57)52-28-12-7-20-42(52)40-32-33-54-55(35-40)65-61-37-51(61)59-45-23-6-11-27-49(45)62(50(59)36-58(61)64-54)47-25-9-4-21-43(47)44-22-5-10-26-48(44)62/h1-33,35-36,41,51,54-55H,34,37H2/t41?,51-,54?,55?,61?/m0/s1. The summed E-state index contributed by atoms with van der Waals surface area (Å²) in [5.41, 5.74) is 17.3. The van der Waals surface area contributed by atoms with Gasteiger partial charge in [0.1, 0.15) is 23.6 Å². The molecule has 1 aliphatic heterocycles. The minimum absolute atomic E-state index is 0.0747. The molecule has 7 aromatic carbocycles. The molecule has 6 aliphatic carbocycles. The van der Waals surface area contributed by atoms with Gasteiger partial charge in [0, 0.05) is 37.3 Å². The molecule has 3 nitrogen and oxygen atoms in total. The zero-order valence-electron chi connectivity index (χ0n) is 36.1. The molecule has 4 heteroatoms. The molecule has 0 radical (unpaired) electrons. The Bertz CT molecular complexity index is 3560. The van der Waals surface area contributed by atoms with Crippen LogP contribution >= 0.6 is 11.3 Å². The first-order valence-electron chi connectivity index (χ1n) is 23.4. The predicted molar refractivity (Wildman–Crippen MR) is 271 cm³/mol. The summed E-state index contributed by atoms with van der Waals surface area (Å²) >= 11 is 1.87. The fourth-order valence-electron chi connectivity index (χ4n) is 12.8. The second kappa shape index (κ2) is 13.6. The molecule has 4 unspecified atom stereocenters. The number of ether oxygens (including phenoxy) is 2. The van der Waals surface area contributed by atoms with E-state index in [0.29, 0.717) is 0 Å². The van der Waals surface area contributed by atoms with Crippen molar-refractivity contribution in [2.75, 3.05) is 4.90 Å². The van der Waals surface area contributed by atoms with Crippen LogP contribution in [0.2, 0.25) is 0 Å². The van der Waals surface area contributed by atoms with E-state index in [-0.39, 0.29) is 24.2 Å². The third-order valence-electron chi connectivity index (χ3n) is 15.6. The third-order valence-corrected chi connectivity index (χ3v) is 16.7. The minimum atomic E-state index is -0.489. The number of nitrogens with zero attached hydrogens (tertiary/aromatic N) is 1. The van der Waals surface area contributed by atoms with Crippen molar-refractivity contribution in [2.24, 2.45) is 5.92 Å². The van der Waals surface area contributed by atoms with Crippen LogP contribution in [0.4, 0.5) is 11.4 Å². The van der Waals surface area contributed by atoms with Crippen molar-refractivity contribution < 1.29 is 9.47 Å². The van der Waals surface area contributed by atoms with Gasteiger partial charge in [-0.3, -0.25) is 0 Å². The number of rotatable bonds is 5. The molecule has 1 aromatic heterocycles. The van der Waals surface area contributed by atoms with Gasteiger partial charge < -0.3 is 14.4 Å². The van der Waals surface area contributed by atoms with E-state index in [1.54, 1.807) is 0 Å². The SMILES string of the molecule is C1=CC(N(c2ccccc2C2=CC3OC45C[C@H]4C4=C(C=C5OC3C=C2)C2(c3ccccc34)c3ccccc3-c3ccccc32)c2cccc3sc4ccccc4c23)CC(c2ccccc2)=C1. The highest BCUT2D eigenvalue weighted by Crippen LogP contribution is 2.72. The molecule has 2 heterocycles. The average molecular weight is 866 g/mol. The first-order chi connectivity index (χ1) is 32.7. The van der Waals surface area contributed by atoms with Gasteiger partial charge in [-0.15, -0.1) is 11.3 Å². The molecule has 0 amide bonds. The van der Waals surface area contributed by atoms with Gasteiger partial charge in [-0.05, 0) is 117 Å². The van der Waals surface area contributed by atoms with Crippen LogP contribution in [0.1, 0.15) is 46.2 Å². The molecule has 5 atom stereocenters. The number of fused-ring (bicyclic) bond motifs is 14. The van der Waals surface area contributed by atoms with E-state index < -0.39 is 11.0 Å². The molecule has 1 saturated heterocycles. The fourth-order valence-corrected chi connectivity index (χ4v) is 14.0. The lowest BCUT2D eigenvalue weighted by molar-refractivity contribution is -0.124. The van der Waals surface area contributed by atoms with Crippen molar-refractivity contribution in [3.05, 3.63) is 257 Å². The number of hydrogen-bond donors (Lipinski definition) is 0. The molecular formula is C62H43NO2S. The second-order valence-corrected chi connectivity index (χ2v) is 19.9. The van der Waals surface area contributed by atoms with Gasteiger partial charge in [0.05, 0.1) is 17.1 Å². The number of thiophene rings is 1. The van der Waals surface area contributed by atoms with Gasteiger partial charge in [0.2, 0.25) is 0 Å². The Hall–Kier alpha value is -7.24. The number of para-hydroxylation sites is 1. The van der Waals surface area contributed by atoms with Crippen molar-refractivity contribution in [3.8, 4) is 11.1 Å². The Morgan fingerprint density at radius 2 is 1.26 bits per heavy atom. The van der Waals surface area contributed by atoms with Gasteiger partial charge in [0.25, 0.3) is 0 Å². The predicted octanol–water partition coefficient (Wildman–Crippen LogP) is 14.8. The van der Waals surface area contributed by atoms with Gasteiger partial charge >= 0.3 is 0 Å². The summed E-state index contributed by atoms with van der Waals surface area (Å²) in [5, 5.41) is 2.60. The van der Waals surface area contributed by atoms with E-state index in [1.807, 2.05) is 11.3 Å². The Labute approximate surface area is 388 Å². The van der Waals surface area contributed by atoms with Gasteiger partial charge in [-0.2, -0.15) is 0 Å². The van der Waals surface area contributed by atoms with Crippen molar-refractivity contribution >= 4 is 59.6 Å². The van der Waals surface area contributed by atoms with E-state index in [4.69, 9.17) is 9.47 Å². The maximum absolute atomic E-state index is 7.49. The number of allylic oxidation sites excluding steroid dienone is 6. The molecule has 15 rings (SSSR count). The van der Waals surface area contributed by atoms with Gasteiger partial charge in [-0.25, -0.2) is 0 Å². The molecule has 2 spiro atoms. The Morgan fingerprint density at radius 3 is 2.08 bits per heavy atom. The summed E-state index contributed by atoms with van der Waals surface area (Å²) in [7, 11) is 0. The highest BCUT2D eigenvalue weighted by molar-refractivity contribution is 7.26. The van der Waals surface area contributed by atoms with E-state index in [1.165, 1.54) is 92.8 Å². The highest BCUT2D eigenvalue weighted by atomic mass is 32.1. The van der Waals surface area contributed by atoms with E-state index >= 15 is 0 Å². The number of hydrogen-bond acceptors (Lipinski definition) is 4. The van der Waals surface area contributed by atoms with Crippen LogP contribution in [0.15, 0.2) is 224 Å². The summed E-state index contributed by atoms with van der Waals surface area (Å²) in [4.78, 5) is 2.61. The summed E-state index contributed by atoms with van der Waals surface area (Å²) in [6.07, 6.45) is 17.5. The smallest absolute Gasteiger partial charge is 0.147 e. The highest BCUT2D eigenvalue weighted by Gasteiger charge is 2.70. The summed E-state index contributed by atoms with van der Waals surface area (Å²) < 4.78 is 17.3. The van der Waals surface area contributed by atoms with Gasteiger partial charge in [-0.1, -0.05) is 170 Å². The third kappa shape index (κ3) is 4.95. The van der Waals surface area contributed by atoms with Crippen LogP contribution in [0.25, 0.3) is 48.0 Å². The molecule has 0 bridgehead atoms. The largest absolute Gasteiger partial charge is 0.485 e. The maximum atomic E-state index is 7.49. The molecule has 8 aromatic rings.